The summed E-state index contributed by atoms with van der Waals surface area (Å²) >= 11 is 1.69. The number of ketones is 1. The van der Waals surface area contributed by atoms with Gasteiger partial charge < -0.3 is 19.9 Å². The fourth-order valence-corrected chi connectivity index (χ4v) is 9.74. The third kappa shape index (κ3) is 10.00. The average molecular weight is 752 g/mol. The number of hydrogen-bond donors (Lipinski definition) is 1. The molecule has 3 heterocycles. The van der Waals surface area contributed by atoms with Crippen LogP contribution in [0.1, 0.15) is 75.3 Å². The molecule has 3 aromatic carbocycles. The Morgan fingerprint density at radius 3 is 2.06 bits per heavy atom. The summed E-state index contributed by atoms with van der Waals surface area (Å²) in [6.07, 6.45) is 7.04. The number of benzene rings is 3. The lowest BCUT2D eigenvalue weighted by Gasteiger charge is -2.40. The van der Waals surface area contributed by atoms with Crippen LogP contribution in [0.15, 0.2) is 91.0 Å². The van der Waals surface area contributed by atoms with Crippen molar-refractivity contribution in [3.8, 4) is 0 Å². The molecule has 0 unspecified atom stereocenters. The molecule has 54 heavy (non-hydrogen) atoms. The topological polar surface area (TPSA) is 113 Å². The van der Waals surface area contributed by atoms with Gasteiger partial charge in [-0.2, -0.15) is 0 Å². The van der Waals surface area contributed by atoms with E-state index in [0.29, 0.717) is 51.5 Å². The van der Waals surface area contributed by atoms with E-state index in [9.17, 15) is 24.0 Å². The molecule has 3 aromatic rings. The van der Waals surface area contributed by atoms with Gasteiger partial charge in [0.2, 0.25) is 17.7 Å². The Bertz CT molecular complexity index is 1720. The van der Waals surface area contributed by atoms with Crippen molar-refractivity contribution in [1.82, 2.24) is 10.2 Å². The molecule has 3 aliphatic heterocycles. The predicted molar refractivity (Wildman–Crippen MR) is 212 cm³/mol. The highest BCUT2D eigenvalue weighted by molar-refractivity contribution is 7.99. The maximum Gasteiger partial charge on any atom is 0.328 e. The van der Waals surface area contributed by atoms with Crippen molar-refractivity contribution in [2.45, 2.75) is 94.5 Å². The molecule has 9 nitrogen and oxygen atoms in total. The maximum atomic E-state index is 14.4. The number of anilines is 1. The Morgan fingerprint density at radius 2 is 1.39 bits per heavy atom. The Labute approximate surface area is 323 Å². The third-order valence-corrected chi connectivity index (χ3v) is 12.6. The molecule has 0 bridgehead atoms. The molecule has 3 aliphatic rings. The van der Waals surface area contributed by atoms with Crippen LogP contribution in [-0.4, -0.2) is 71.2 Å². The number of piperidine rings is 1. The first-order valence-electron chi connectivity index (χ1n) is 19.6. The highest BCUT2D eigenvalue weighted by atomic mass is 32.2. The van der Waals surface area contributed by atoms with Gasteiger partial charge in [-0.3, -0.25) is 19.2 Å². The number of carbonyl (C=O) groups excluding carboxylic acids is 5. The van der Waals surface area contributed by atoms with E-state index in [1.165, 1.54) is 7.11 Å². The van der Waals surface area contributed by atoms with Gasteiger partial charge in [0.25, 0.3) is 0 Å². The number of amides is 3. The third-order valence-electron chi connectivity index (χ3n) is 11.3. The number of thioether (sulfide) groups is 1. The molecule has 0 spiro atoms. The van der Waals surface area contributed by atoms with E-state index in [4.69, 9.17) is 4.74 Å². The number of carbonyl (C=O) groups is 5. The SMILES string of the molecule is COC(=O)[C@@H]1CCC[C@@H]2SCC[C@H](CC(=O)[C@H](CC[C@H](Cc3ccccc3)C(=O)N[C@H]3CCCCN(c4ccccc4)C3=O)Cc3ccccc3)C(=O)N21. The lowest BCUT2D eigenvalue weighted by molar-refractivity contribution is -0.157. The number of methoxy groups -OCH3 is 1. The Kier molecular flexibility index (Phi) is 14.0. The van der Waals surface area contributed by atoms with Crippen LogP contribution in [0.3, 0.4) is 0 Å². The molecule has 6 rings (SSSR count). The van der Waals surface area contributed by atoms with E-state index in [1.54, 1.807) is 21.6 Å². The zero-order valence-electron chi connectivity index (χ0n) is 31.3. The lowest BCUT2D eigenvalue weighted by Crippen LogP contribution is -2.53. The Hall–Kier alpha value is -4.44. The average Bonchev–Trinajstić information content (AvgIpc) is 3.48. The molecule has 3 fully saturated rings. The minimum absolute atomic E-state index is 0.00333. The number of hydrogen-bond acceptors (Lipinski definition) is 7. The molecule has 3 saturated heterocycles. The van der Waals surface area contributed by atoms with Crippen molar-refractivity contribution in [3.63, 3.8) is 0 Å². The Morgan fingerprint density at radius 1 is 0.759 bits per heavy atom. The van der Waals surface area contributed by atoms with Crippen LogP contribution >= 0.6 is 11.8 Å². The maximum absolute atomic E-state index is 14.4. The van der Waals surface area contributed by atoms with E-state index >= 15 is 0 Å². The van der Waals surface area contributed by atoms with Crippen molar-refractivity contribution in [2.75, 3.05) is 24.3 Å². The van der Waals surface area contributed by atoms with Gasteiger partial charge in [-0.05, 0) is 99.6 Å². The first-order chi connectivity index (χ1) is 26.3. The monoisotopic (exact) mass is 751 g/mol. The molecule has 286 valence electrons. The molecule has 3 amide bonds. The summed E-state index contributed by atoms with van der Waals surface area (Å²) in [6.45, 7) is 0.607. The van der Waals surface area contributed by atoms with Crippen molar-refractivity contribution >= 4 is 46.9 Å². The quantitative estimate of drug-likeness (QED) is 0.181. The van der Waals surface area contributed by atoms with Crippen LogP contribution in [0.4, 0.5) is 5.69 Å². The van der Waals surface area contributed by atoms with Crippen LogP contribution < -0.4 is 10.2 Å². The number of nitrogens with one attached hydrogen (secondary N) is 1. The van der Waals surface area contributed by atoms with E-state index in [1.807, 2.05) is 91.0 Å². The number of ether oxygens (including phenoxy) is 1. The van der Waals surface area contributed by atoms with Crippen molar-refractivity contribution < 1.29 is 28.7 Å². The highest BCUT2D eigenvalue weighted by Crippen LogP contribution is 2.38. The van der Waals surface area contributed by atoms with E-state index in [0.717, 1.165) is 48.3 Å². The van der Waals surface area contributed by atoms with Crippen LogP contribution in [0.25, 0.3) is 0 Å². The summed E-state index contributed by atoms with van der Waals surface area (Å²) < 4.78 is 5.09. The summed E-state index contributed by atoms with van der Waals surface area (Å²) in [5, 5.41) is 3.06. The van der Waals surface area contributed by atoms with Crippen LogP contribution in [0.5, 0.6) is 0 Å². The molecule has 6 atom stereocenters. The van der Waals surface area contributed by atoms with Gasteiger partial charge in [-0.1, -0.05) is 78.9 Å². The summed E-state index contributed by atoms with van der Waals surface area (Å²) in [5.41, 5.74) is 2.86. The Balaban J connectivity index is 1.20. The fraction of sp³-hybridized carbons (Fsp3) is 0.477. The summed E-state index contributed by atoms with van der Waals surface area (Å²) in [7, 11) is 1.36. The predicted octanol–water partition coefficient (Wildman–Crippen LogP) is 6.78. The van der Waals surface area contributed by atoms with Gasteiger partial charge in [0.1, 0.15) is 17.9 Å². The second-order valence-electron chi connectivity index (χ2n) is 14.9. The van der Waals surface area contributed by atoms with E-state index in [-0.39, 0.29) is 35.3 Å². The van der Waals surface area contributed by atoms with Crippen molar-refractivity contribution in [3.05, 3.63) is 102 Å². The van der Waals surface area contributed by atoms with Gasteiger partial charge in [0.15, 0.2) is 0 Å². The molecular formula is C44H53N3O6S. The number of fused-ring (bicyclic) bond motifs is 1. The van der Waals surface area contributed by atoms with Gasteiger partial charge in [0.05, 0.1) is 12.5 Å². The van der Waals surface area contributed by atoms with E-state index < -0.39 is 35.8 Å². The lowest BCUT2D eigenvalue weighted by atomic mass is 9.82. The largest absolute Gasteiger partial charge is 0.467 e. The minimum Gasteiger partial charge on any atom is -0.467 e. The summed E-state index contributed by atoms with van der Waals surface area (Å²) in [6, 6.07) is 28.1. The fourth-order valence-electron chi connectivity index (χ4n) is 8.30. The number of para-hydroxylation sites is 1. The minimum atomic E-state index is -0.633. The first kappa shape index (κ1) is 39.3. The molecule has 1 N–H and O–H groups in total. The molecule has 0 aromatic heterocycles. The van der Waals surface area contributed by atoms with Gasteiger partial charge in [-0.15, -0.1) is 11.8 Å². The highest BCUT2D eigenvalue weighted by Gasteiger charge is 2.44. The van der Waals surface area contributed by atoms with Crippen LogP contribution in [0, 0.1) is 17.8 Å². The second-order valence-corrected chi connectivity index (χ2v) is 16.2. The van der Waals surface area contributed by atoms with Crippen molar-refractivity contribution in [1.29, 1.82) is 0 Å². The molecule has 0 radical (unpaired) electrons. The van der Waals surface area contributed by atoms with Crippen LogP contribution in [0.2, 0.25) is 0 Å². The van der Waals surface area contributed by atoms with Crippen LogP contribution in [-0.2, 0) is 41.6 Å². The number of esters is 1. The number of Topliss-reactive ketones (excluding diaryl/α,β-unsaturated/α-hetero) is 1. The van der Waals surface area contributed by atoms with Gasteiger partial charge in [-0.25, -0.2) is 4.79 Å². The van der Waals surface area contributed by atoms with Gasteiger partial charge >= 0.3 is 5.97 Å². The number of rotatable bonds is 14. The summed E-state index contributed by atoms with van der Waals surface area (Å²) in [4.78, 5) is 72.8. The molecular weight excluding hydrogens is 699 g/mol. The summed E-state index contributed by atoms with van der Waals surface area (Å²) in [5.74, 6) is -1.47. The second kappa shape index (κ2) is 19.2. The zero-order valence-corrected chi connectivity index (χ0v) is 32.1. The van der Waals surface area contributed by atoms with Gasteiger partial charge in [0, 0.05) is 36.4 Å². The molecule has 0 saturated carbocycles. The standard InChI is InChI=1S/C44H53N3O6S/c1-53-44(52)38-21-13-22-40-47(38)42(50)35(25-27-54-40)30-39(48)33(28-31-14-5-2-6-15-31)23-24-34(29-32-16-7-3-8-17-32)41(49)45-37-20-11-12-26-46(43(37)51)36-18-9-4-10-19-36/h2-10,14-19,33-35,37-38,40H,11-13,20-30H2,1H3,(H,45,49)/t33-,34-,35-,37+,38+,40+/m1/s1. The normalized spacial score (nSPS) is 23.0. The smallest absolute Gasteiger partial charge is 0.328 e. The first-order valence-corrected chi connectivity index (χ1v) is 20.7. The number of nitrogens with zero attached hydrogens (tertiary/aromatic N) is 2. The molecule has 10 heteroatoms. The van der Waals surface area contributed by atoms with E-state index in [2.05, 4.69) is 5.32 Å². The molecule has 0 aliphatic carbocycles. The van der Waals surface area contributed by atoms with Crippen molar-refractivity contribution in [2.24, 2.45) is 17.8 Å². The zero-order chi connectivity index (χ0) is 37.9.